The predicted molar refractivity (Wildman–Crippen MR) is 516 cm³/mol. The van der Waals surface area contributed by atoms with Crippen molar-refractivity contribution in [2.45, 2.75) is 235 Å². The molecule has 12 aliphatic carbocycles. The largest absolute Gasteiger partial charge is 0.444 e. The van der Waals surface area contributed by atoms with Crippen LogP contribution < -0.4 is 31.0 Å². The summed E-state index contributed by atoms with van der Waals surface area (Å²) in [6, 6.07) is 38.4. The molecule has 0 spiro atoms. The average Bonchev–Trinajstić information content (AvgIpc) is 1.48. The van der Waals surface area contributed by atoms with Crippen LogP contribution in [0.2, 0.25) is 0 Å². The first-order chi connectivity index (χ1) is 67.5. The van der Waals surface area contributed by atoms with Crippen molar-refractivity contribution in [2.75, 3.05) is 36.6 Å². The van der Waals surface area contributed by atoms with Gasteiger partial charge in [-0.15, -0.1) is 0 Å². The lowest BCUT2D eigenvalue weighted by Crippen LogP contribution is -2.69. The summed E-state index contributed by atoms with van der Waals surface area (Å²) in [6.45, 7) is 13.2. The monoisotopic (exact) mass is 1990 g/mol. The van der Waals surface area contributed by atoms with Gasteiger partial charge in [0, 0.05) is 102 Å². The van der Waals surface area contributed by atoms with Gasteiger partial charge in [-0.05, 0) is 246 Å². The molecule has 9 saturated carbocycles. The van der Waals surface area contributed by atoms with E-state index in [2.05, 4.69) is 5.32 Å². The highest BCUT2D eigenvalue weighted by Gasteiger charge is 2.83. The fourth-order valence-electron chi connectivity index (χ4n) is 27.3. The molecule has 13 N–H and O–H groups in total. The van der Waals surface area contributed by atoms with E-state index in [9.17, 15) is 93.6 Å². The number of alkyl halides is 3. The van der Waals surface area contributed by atoms with Gasteiger partial charge >= 0.3 is 24.0 Å². The van der Waals surface area contributed by atoms with E-state index >= 15 is 13.2 Å². The maximum absolute atomic E-state index is 17.5. The molecule has 0 bridgehead atoms. The van der Waals surface area contributed by atoms with Gasteiger partial charge < -0.3 is 90.2 Å². The maximum atomic E-state index is 17.5. The number of carbonyl (C=O) groups excluding carboxylic acids is 11. The molecule has 144 heavy (non-hydrogen) atoms. The third-order valence-corrected chi connectivity index (χ3v) is 34.3. The molecule has 20 rings (SSSR count). The van der Waals surface area contributed by atoms with Gasteiger partial charge in [-0.3, -0.25) is 38.9 Å². The summed E-state index contributed by atoms with van der Waals surface area (Å²) in [5, 5.41) is 88.4. The SMILES string of the molecule is C.CC(C)(C)OC(=O)Nc1cccc(OC(=O)c2ccc(C=O)cc2)c1.C[C@]12C=CC(=O)C=C1CC[C@H]1[C@@H]3C[C@@H](O)[C@](O)(C(=O)CO)[C@@]3(C)C[C@H](O)[C@@]12F.C[C@]12C=CC(=O)C=C1CC[C@H]1[C@@H]3C[C@H]4O[C@@H](c5ccc(C(=O)Oc6cccc(N)c6)cc5)O[C@@]4(C(=O)CO)[C@@]3(C)C[C@H](O)[C@@]12F.C[C@]12C=CC(=O)C=C1CC[C@H]1[C@@H]3C[C@H]4O[C@H](c5ccc(C(=O)Oc6cccc(N)c6)cc5)O[C@@]4(C(=O)CO)[C@@]3(C)C[C@H](O)[C@@]12F. The summed E-state index contributed by atoms with van der Waals surface area (Å²) in [7, 11) is 0. The minimum Gasteiger partial charge on any atom is -0.444 e. The van der Waals surface area contributed by atoms with Crippen molar-refractivity contribution < 1.29 is 145 Å². The van der Waals surface area contributed by atoms with Gasteiger partial charge in [0.1, 0.15) is 49.0 Å². The van der Waals surface area contributed by atoms with Crippen LogP contribution in [0.15, 0.2) is 217 Å². The average molecular weight is 1990 g/mol. The van der Waals surface area contributed by atoms with Gasteiger partial charge in [-0.25, -0.2) is 32.3 Å². The van der Waals surface area contributed by atoms with Crippen molar-refractivity contribution in [3.63, 3.8) is 0 Å². The molecule has 33 heteroatoms. The topological polar surface area (TPSA) is 488 Å². The Balaban J connectivity index is 0.000000142. The van der Waals surface area contributed by atoms with Gasteiger partial charge in [0.25, 0.3) is 0 Å². The number of allylic oxidation sites excluding steroid dienone is 12. The van der Waals surface area contributed by atoms with E-state index in [-0.39, 0.29) is 67.3 Å². The standard InChI is InChI=1S/2C35H36FNO8.C21H27FO6.C19H19NO5.CH4/c2*1-32-13-12-23(39)14-21(32)10-11-25-26-16-29-35(28(41)18-38,33(26,2)17-27(40)34(25,32)36)45-31(44-29)20-8-6-19(7-9-20)30(42)43-24-5-3-4-22(37)15-24;1-18-6-5-12(24)7-11(18)3-4-13-14-8-15(25)21(28,17(27)10-23)19(14,2)9-16(26)20(13,18)22;1-19(2,3)25-18(23)20-15-5-4-6-16(11-15)24-17(22)14-9-7-13(12-21)8-10-14;/h2*3-9,12-15,25-27,29,31,38,40H,10-11,16-18,37H2,1-2H3;5-7,13-16,23,25-26,28H,3-4,8-10H2,1-2H3;4-12H,1-3H3,(H,20,23);1H4/t25-,26-,27-,29+,31+,32-,33-,34-,35+;25-,26-,27-,29+,31-,32-,33-,34-,35+;13-,14-,15+,16-,18-,19-,20-,21-;;/m000../s1. The molecule has 14 aliphatic rings. The summed E-state index contributed by atoms with van der Waals surface area (Å²) in [6.07, 6.45) is 6.55. The molecule has 0 unspecified atom stereocenters. The number of Topliss-reactive ketones (excluding diaryl/α,β-unsaturated/α-hetero) is 3. The number of nitrogen functional groups attached to an aromatic ring is 2. The van der Waals surface area contributed by atoms with Gasteiger partial charge in [0.05, 0.1) is 53.3 Å². The van der Waals surface area contributed by atoms with Crippen LogP contribution in [-0.4, -0.2) is 202 Å². The summed E-state index contributed by atoms with van der Waals surface area (Å²) in [4.78, 5) is 136. The number of rotatable bonds is 16. The number of halogens is 3. The number of ketones is 6. The molecule has 11 fully saturated rings. The Morgan fingerprint density at radius 2 is 0.799 bits per heavy atom. The molecule has 6 aromatic carbocycles. The first-order valence-corrected chi connectivity index (χ1v) is 48.1. The van der Waals surface area contributed by atoms with Crippen molar-refractivity contribution in [3.05, 3.63) is 250 Å². The van der Waals surface area contributed by atoms with E-state index in [1.165, 1.54) is 72.9 Å². The zero-order chi connectivity index (χ0) is 103. The van der Waals surface area contributed by atoms with E-state index in [4.69, 9.17) is 49.4 Å². The minimum absolute atomic E-state index is 0. The summed E-state index contributed by atoms with van der Waals surface area (Å²) in [5.41, 5.74) is -1.90. The zero-order valence-electron chi connectivity index (χ0n) is 80.4. The number of esters is 3. The summed E-state index contributed by atoms with van der Waals surface area (Å²) >= 11 is 0. The Hall–Kier alpha value is -12.0. The van der Waals surface area contributed by atoms with E-state index in [0.717, 1.165) is 0 Å². The lowest BCUT2D eigenvalue weighted by molar-refractivity contribution is -0.231. The Morgan fingerprint density at radius 1 is 0.458 bits per heavy atom. The second-order valence-electron chi connectivity index (χ2n) is 42.6. The number of anilines is 3. The summed E-state index contributed by atoms with van der Waals surface area (Å²) in [5.74, 6) is -6.84. The number of nitrogens with two attached hydrogens (primary N) is 2. The van der Waals surface area contributed by atoms with E-state index in [1.807, 2.05) is 13.8 Å². The van der Waals surface area contributed by atoms with Crippen LogP contribution in [-0.2, 0) is 52.5 Å². The molecule has 26 atom stereocenters. The highest BCUT2D eigenvalue weighted by atomic mass is 19.2. The molecule has 0 radical (unpaired) electrons. The lowest BCUT2D eigenvalue weighted by Gasteiger charge is -2.62. The number of aliphatic hydroxyl groups excluding tert-OH is 7. The van der Waals surface area contributed by atoms with Gasteiger partial charge in [-0.2, -0.15) is 0 Å². The maximum Gasteiger partial charge on any atom is 0.412 e. The molecule has 30 nitrogen and oxygen atoms in total. The van der Waals surface area contributed by atoms with Crippen LogP contribution in [0.4, 0.5) is 35.0 Å². The fraction of sp³-hybridized carbons (Fsp3) is 0.468. The molecule has 6 aromatic rings. The van der Waals surface area contributed by atoms with E-state index in [1.54, 1.807) is 176 Å². The number of hydrogen-bond donors (Lipinski definition) is 11. The van der Waals surface area contributed by atoms with Crippen molar-refractivity contribution in [2.24, 2.45) is 68.0 Å². The predicted octanol–water partition coefficient (Wildman–Crippen LogP) is 13.7. The second-order valence-corrected chi connectivity index (χ2v) is 42.6. The lowest BCUT2D eigenvalue weighted by atomic mass is 9.44. The normalized spacial score (nSPS) is 36.9. The third kappa shape index (κ3) is 16.6. The number of aldehydes is 1. The number of aliphatic hydroxyl groups is 8. The van der Waals surface area contributed by atoms with Crippen LogP contribution in [0.3, 0.4) is 0 Å². The van der Waals surface area contributed by atoms with E-state index in [0.29, 0.717) is 125 Å². The Bertz CT molecular complexity index is 6110. The number of hydrogen-bond acceptors (Lipinski definition) is 29. The molecular weight excluding hydrogens is 1860 g/mol. The van der Waals surface area contributed by atoms with Gasteiger partial charge in [0.15, 0.2) is 81.1 Å². The first-order valence-electron chi connectivity index (χ1n) is 48.1. The molecular formula is C111H122F3N3O27. The molecule has 1 amide bonds. The van der Waals surface area contributed by atoms with Crippen molar-refractivity contribution in [1.29, 1.82) is 0 Å². The van der Waals surface area contributed by atoms with Crippen LogP contribution in [0.25, 0.3) is 0 Å². The zero-order valence-corrected chi connectivity index (χ0v) is 80.4. The molecule has 2 heterocycles. The Labute approximate surface area is 830 Å². The van der Waals surface area contributed by atoms with Gasteiger partial charge in [0.2, 0.25) is 0 Å². The fourth-order valence-corrected chi connectivity index (χ4v) is 27.3. The molecule has 2 aliphatic heterocycles. The Kier molecular flexibility index (Phi) is 27.8. The van der Waals surface area contributed by atoms with Crippen LogP contribution >= 0.6 is 0 Å². The third-order valence-electron chi connectivity index (χ3n) is 34.3. The van der Waals surface area contributed by atoms with Crippen molar-refractivity contribution in [3.8, 4) is 17.2 Å². The van der Waals surface area contributed by atoms with Crippen molar-refractivity contribution in [1.82, 2.24) is 0 Å². The minimum atomic E-state index is -2.23. The molecule has 0 aromatic heterocycles. The highest BCUT2D eigenvalue weighted by molar-refractivity contribution is 6.03. The quantitative estimate of drug-likeness (QED) is 0.0185. The van der Waals surface area contributed by atoms with Gasteiger partial charge in [-0.1, -0.05) is 118 Å². The van der Waals surface area contributed by atoms with E-state index < -0.39 is 218 Å². The number of amides is 1. The highest BCUT2D eigenvalue weighted by Crippen LogP contribution is 2.76. The number of fused-ring (bicyclic) bond motifs is 19. The molecule has 764 valence electrons. The number of benzene rings is 6. The van der Waals surface area contributed by atoms with Crippen LogP contribution in [0.1, 0.15) is 212 Å². The van der Waals surface area contributed by atoms with Crippen LogP contribution in [0.5, 0.6) is 17.2 Å². The second kappa shape index (κ2) is 38.1. The van der Waals surface area contributed by atoms with Crippen LogP contribution in [0, 0.1) is 68.0 Å². The molecule has 2 saturated heterocycles. The number of nitrogens with one attached hydrogen (secondary N) is 1. The summed E-state index contributed by atoms with van der Waals surface area (Å²) < 4.78 is 99.0. The first kappa shape index (κ1) is 105. The van der Waals surface area contributed by atoms with Crippen molar-refractivity contribution >= 4 is 82.0 Å². The Morgan fingerprint density at radius 3 is 1.15 bits per heavy atom. The smallest absolute Gasteiger partial charge is 0.412 e. The number of carbonyl (C=O) groups is 11. The number of ether oxygens (including phenoxy) is 8.